The molecule has 0 heterocycles. The zero-order valence-electron chi connectivity index (χ0n) is 5.55. The van der Waals surface area contributed by atoms with E-state index in [0.717, 1.165) is 0 Å². The van der Waals surface area contributed by atoms with Crippen molar-refractivity contribution in [3.63, 3.8) is 0 Å². The molecule has 1 aliphatic rings. The van der Waals surface area contributed by atoms with Gasteiger partial charge in [0.25, 0.3) is 0 Å². The fraction of sp³-hybridized carbons (Fsp3) is 0.143. The van der Waals surface area contributed by atoms with E-state index < -0.39 is 35.1 Å². The van der Waals surface area contributed by atoms with Gasteiger partial charge in [-0.05, 0) is 0 Å². The molecule has 0 aliphatic heterocycles. The highest BCUT2D eigenvalue weighted by Crippen LogP contribution is 2.08. The highest BCUT2D eigenvalue weighted by atomic mass is 16.2. The molecule has 11 heavy (non-hydrogen) atoms. The molecular weight excluding hydrogens is 148 g/mol. The second-order valence-corrected chi connectivity index (χ2v) is 2.16. The molecule has 1 saturated carbocycles. The quantitative estimate of drug-likeness (QED) is 0.198. The number of hydrogen-bond acceptors (Lipinski definition) is 4. The molecule has 0 spiro atoms. The van der Waals surface area contributed by atoms with Crippen LogP contribution in [0.15, 0.2) is 12.2 Å². The van der Waals surface area contributed by atoms with Gasteiger partial charge >= 0.3 is 0 Å². The summed E-state index contributed by atoms with van der Waals surface area (Å²) in [7, 11) is 0. The van der Waals surface area contributed by atoms with E-state index >= 15 is 0 Å². The zero-order chi connectivity index (χ0) is 8.59. The van der Waals surface area contributed by atoms with Crippen molar-refractivity contribution >= 4 is 23.1 Å². The lowest BCUT2D eigenvalue weighted by Gasteiger charge is -2.06. The van der Waals surface area contributed by atoms with Gasteiger partial charge in [0.1, 0.15) is 0 Å². The third-order valence-electron chi connectivity index (χ3n) is 1.38. The molecule has 0 aromatic carbocycles. The number of rotatable bonds is 0. The Balaban J connectivity index is 3.06. The summed E-state index contributed by atoms with van der Waals surface area (Å²) in [6, 6.07) is 0. The minimum atomic E-state index is -0.936. The van der Waals surface area contributed by atoms with Crippen LogP contribution in [-0.2, 0) is 19.2 Å². The average Bonchev–Trinajstić information content (AvgIpc) is 1.97. The van der Waals surface area contributed by atoms with E-state index in [1.165, 1.54) is 0 Å². The summed E-state index contributed by atoms with van der Waals surface area (Å²) in [5.41, 5.74) is -0.508. The summed E-state index contributed by atoms with van der Waals surface area (Å²) in [6.07, 6.45) is -0.601. The van der Waals surface area contributed by atoms with E-state index in [2.05, 4.69) is 6.58 Å². The minimum Gasteiger partial charge on any atom is -0.290 e. The van der Waals surface area contributed by atoms with Gasteiger partial charge in [0.05, 0.1) is 12.0 Å². The number of hydrogen-bond donors (Lipinski definition) is 0. The molecule has 0 radical (unpaired) electrons. The van der Waals surface area contributed by atoms with Gasteiger partial charge in [0.2, 0.25) is 23.1 Å². The predicted molar refractivity (Wildman–Crippen MR) is 33.8 cm³/mol. The summed E-state index contributed by atoms with van der Waals surface area (Å²) in [5.74, 6) is -3.57. The topological polar surface area (TPSA) is 68.3 Å². The highest BCUT2D eigenvalue weighted by Gasteiger charge is 2.35. The molecule has 0 aromatic heterocycles. The number of Topliss-reactive ketones (excluding diaryl/α,β-unsaturated/α-hetero) is 4. The molecule has 0 amide bonds. The van der Waals surface area contributed by atoms with E-state index in [-0.39, 0.29) is 0 Å². The Morgan fingerprint density at radius 2 is 1.27 bits per heavy atom. The fourth-order valence-electron chi connectivity index (χ4n) is 0.746. The van der Waals surface area contributed by atoms with Gasteiger partial charge < -0.3 is 0 Å². The molecule has 0 atom stereocenters. The van der Waals surface area contributed by atoms with Crippen molar-refractivity contribution in [1.82, 2.24) is 0 Å². The maximum Gasteiger partial charge on any atom is 0.232 e. The van der Waals surface area contributed by atoms with Gasteiger partial charge in [0, 0.05) is 0 Å². The van der Waals surface area contributed by atoms with Gasteiger partial charge in [-0.25, -0.2) is 0 Å². The molecule has 1 aliphatic carbocycles. The van der Waals surface area contributed by atoms with Crippen molar-refractivity contribution in [2.45, 2.75) is 6.42 Å². The Labute approximate surface area is 61.9 Å². The van der Waals surface area contributed by atoms with Crippen LogP contribution in [0.1, 0.15) is 6.42 Å². The predicted octanol–water partition coefficient (Wildman–Crippen LogP) is -0.777. The van der Waals surface area contributed by atoms with Crippen LogP contribution < -0.4 is 0 Å². The van der Waals surface area contributed by atoms with Crippen molar-refractivity contribution < 1.29 is 19.2 Å². The molecule has 0 unspecified atom stereocenters. The van der Waals surface area contributed by atoms with E-state index in [4.69, 9.17) is 0 Å². The Bertz CT molecular complexity index is 270. The van der Waals surface area contributed by atoms with E-state index in [1.54, 1.807) is 0 Å². The van der Waals surface area contributed by atoms with Crippen LogP contribution in [0.4, 0.5) is 0 Å². The summed E-state index contributed by atoms with van der Waals surface area (Å²) in [4.78, 5) is 42.5. The second kappa shape index (κ2) is 2.23. The normalized spacial score (nSPS) is 19.5. The van der Waals surface area contributed by atoms with Gasteiger partial charge in [-0.15, -0.1) is 0 Å². The van der Waals surface area contributed by atoms with Gasteiger partial charge in [-0.1, -0.05) is 6.58 Å². The standard InChI is InChI=1S/C7H4O4/c1-3-6(10)4(8)2-5(9)7(3)11/h1-2H2. The average molecular weight is 152 g/mol. The first-order valence-electron chi connectivity index (χ1n) is 2.88. The fourth-order valence-corrected chi connectivity index (χ4v) is 0.746. The lowest BCUT2D eigenvalue weighted by Crippen LogP contribution is -2.34. The maximum atomic E-state index is 10.7. The Hall–Kier alpha value is -1.58. The first kappa shape index (κ1) is 7.53. The molecular formula is C7H4O4. The van der Waals surface area contributed by atoms with Crippen LogP contribution >= 0.6 is 0 Å². The third-order valence-corrected chi connectivity index (χ3v) is 1.38. The molecule has 56 valence electrons. The Morgan fingerprint density at radius 3 is 1.64 bits per heavy atom. The number of carbonyl (C=O) groups is 4. The van der Waals surface area contributed by atoms with E-state index in [0.29, 0.717) is 0 Å². The van der Waals surface area contributed by atoms with Crippen LogP contribution in [0.25, 0.3) is 0 Å². The molecule has 0 bridgehead atoms. The van der Waals surface area contributed by atoms with Gasteiger partial charge in [-0.3, -0.25) is 19.2 Å². The SMILES string of the molecule is C=C1C(=O)C(=O)CC(=O)C1=O. The summed E-state index contributed by atoms with van der Waals surface area (Å²) < 4.78 is 0. The van der Waals surface area contributed by atoms with E-state index in [9.17, 15) is 19.2 Å². The number of ketones is 4. The van der Waals surface area contributed by atoms with Crippen molar-refractivity contribution in [2.75, 3.05) is 0 Å². The molecule has 0 N–H and O–H groups in total. The summed E-state index contributed by atoms with van der Waals surface area (Å²) in [5, 5.41) is 0. The van der Waals surface area contributed by atoms with Crippen LogP contribution in [0.3, 0.4) is 0 Å². The minimum absolute atomic E-state index is 0.508. The molecule has 0 aromatic rings. The molecule has 4 nitrogen and oxygen atoms in total. The zero-order valence-corrected chi connectivity index (χ0v) is 5.55. The van der Waals surface area contributed by atoms with Crippen LogP contribution in [0.2, 0.25) is 0 Å². The number of allylic oxidation sites excluding steroid dienone is 1. The Kier molecular flexibility index (Phi) is 1.53. The van der Waals surface area contributed by atoms with Crippen LogP contribution in [0.5, 0.6) is 0 Å². The van der Waals surface area contributed by atoms with Crippen LogP contribution in [-0.4, -0.2) is 23.1 Å². The molecule has 1 fully saturated rings. The summed E-state index contributed by atoms with van der Waals surface area (Å²) >= 11 is 0. The van der Waals surface area contributed by atoms with Gasteiger partial charge in [-0.2, -0.15) is 0 Å². The second-order valence-electron chi connectivity index (χ2n) is 2.16. The first-order valence-corrected chi connectivity index (χ1v) is 2.88. The first-order chi connectivity index (χ1) is 5.04. The van der Waals surface area contributed by atoms with Crippen LogP contribution in [0, 0.1) is 0 Å². The largest absolute Gasteiger partial charge is 0.290 e. The van der Waals surface area contributed by atoms with E-state index in [1.807, 2.05) is 0 Å². The van der Waals surface area contributed by atoms with Crippen molar-refractivity contribution in [3.05, 3.63) is 12.2 Å². The van der Waals surface area contributed by atoms with Crippen molar-refractivity contribution in [2.24, 2.45) is 0 Å². The summed E-state index contributed by atoms with van der Waals surface area (Å²) in [6.45, 7) is 3.04. The maximum absolute atomic E-state index is 10.7. The monoisotopic (exact) mass is 152 g/mol. The molecule has 0 saturated heterocycles. The van der Waals surface area contributed by atoms with Gasteiger partial charge in [0.15, 0.2) is 0 Å². The Morgan fingerprint density at radius 1 is 0.909 bits per heavy atom. The third kappa shape index (κ3) is 1.02. The van der Waals surface area contributed by atoms with Crippen molar-refractivity contribution in [3.8, 4) is 0 Å². The molecule has 4 heteroatoms. The lowest BCUT2D eigenvalue weighted by atomic mass is 9.91. The van der Waals surface area contributed by atoms with Crippen molar-refractivity contribution in [1.29, 1.82) is 0 Å². The number of carbonyl (C=O) groups excluding carboxylic acids is 4. The lowest BCUT2D eigenvalue weighted by molar-refractivity contribution is -0.144. The smallest absolute Gasteiger partial charge is 0.232 e. The highest BCUT2D eigenvalue weighted by molar-refractivity contribution is 6.67. The molecule has 1 rings (SSSR count).